The van der Waals surface area contributed by atoms with Gasteiger partial charge in [-0.15, -0.1) is 0 Å². The molecule has 1 aromatic heterocycles. The number of hydrogen-bond donors (Lipinski definition) is 0. The molecular weight excluding hydrogens is 218 g/mol. The van der Waals surface area contributed by atoms with Crippen LogP contribution >= 0.6 is 11.8 Å². The Balaban J connectivity index is 2.25. The van der Waals surface area contributed by atoms with Gasteiger partial charge in [0.05, 0.1) is 0 Å². The van der Waals surface area contributed by atoms with E-state index in [9.17, 15) is 4.79 Å². The first-order chi connectivity index (χ1) is 7.79. The standard InChI is InChI=1S/C13H11NOS/c1-10-8-11(9-15)5-6-12(10)16-13-4-2-3-7-14-13/h2-9H,1H3. The van der Waals surface area contributed by atoms with Gasteiger partial charge in [0, 0.05) is 16.7 Å². The third-order valence-electron chi connectivity index (χ3n) is 2.19. The predicted molar refractivity (Wildman–Crippen MR) is 64.9 cm³/mol. The average Bonchev–Trinajstić information content (AvgIpc) is 2.33. The molecule has 0 amide bonds. The van der Waals surface area contributed by atoms with E-state index in [1.807, 2.05) is 43.3 Å². The molecule has 3 heteroatoms. The first-order valence-electron chi connectivity index (χ1n) is 4.94. The van der Waals surface area contributed by atoms with E-state index in [2.05, 4.69) is 4.98 Å². The van der Waals surface area contributed by atoms with Gasteiger partial charge in [0.15, 0.2) is 0 Å². The van der Waals surface area contributed by atoms with Crippen molar-refractivity contribution in [2.24, 2.45) is 0 Å². The summed E-state index contributed by atoms with van der Waals surface area (Å²) in [7, 11) is 0. The molecule has 1 aromatic carbocycles. The van der Waals surface area contributed by atoms with Gasteiger partial charge in [-0.25, -0.2) is 4.98 Å². The maximum Gasteiger partial charge on any atom is 0.150 e. The van der Waals surface area contributed by atoms with Crippen LogP contribution in [0.15, 0.2) is 52.5 Å². The summed E-state index contributed by atoms with van der Waals surface area (Å²) in [6, 6.07) is 11.5. The van der Waals surface area contributed by atoms with E-state index < -0.39 is 0 Å². The summed E-state index contributed by atoms with van der Waals surface area (Å²) in [4.78, 5) is 16.0. The molecule has 0 spiro atoms. The molecule has 16 heavy (non-hydrogen) atoms. The summed E-state index contributed by atoms with van der Waals surface area (Å²) in [5, 5.41) is 0.962. The summed E-state index contributed by atoms with van der Waals surface area (Å²) >= 11 is 1.61. The average molecular weight is 229 g/mol. The molecule has 0 atom stereocenters. The molecular formula is C13H11NOS. The number of carbonyl (C=O) groups is 1. The topological polar surface area (TPSA) is 30.0 Å². The van der Waals surface area contributed by atoms with Crippen molar-refractivity contribution < 1.29 is 4.79 Å². The van der Waals surface area contributed by atoms with Gasteiger partial charge in [0.25, 0.3) is 0 Å². The van der Waals surface area contributed by atoms with Gasteiger partial charge >= 0.3 is 0 Å². The summed E-state index contributed by atoms with van der Waals surface area (Å²) in [6.45, 7) is 2.00. The number of aryl methyl sites for hydroxylation is 1. The van der Waals surface area contributed by atoms with Crippen LogP contribution in [0.1, 0.15) is 15.9 Å². The number of aromatic nitrogens is 1. The van der Waals surface area contributed by atoms with Crippen molar-refractivity contribution in [3.8, 4) is 0 Å². The molecule has 0 unspecified atom stereocenters. The Morgan fingerprint density at radius 2 is 2.12 bits per heavy atom. The minimum Gasteiger partial charge on any atom is -0.298 e. The molecule has 0 bridgehead atoms. The predicted octanol–water partition coefficient (Wildman–Crippen LogP) is 3.35. The fourth-order valence-electron chi connectivity index (χ4n) is 1.38. The maximum absolute atomic E-state index is 10.6. The van der Waals surface area contributed by atoms with Crippen molar-refractivity contribution in [1.29, 1.82) is 0 Å². The number of pyridine rings is 1. The third-order valence-corrected chi connectivity index (χ3v) is 3.32. The van der Waals surface area contributed by atoms with Crippen molar-refractivity contribution in [2.45, 2.75) is 16.8 Å². The Kier molecular flexibility index (Phi) is 3.37. The van der Waals surface area contributed by atoms with Crippen molar-refractivity contribution in [3.63, 3.8) is 0 Å². The van der Waals surface area contributed by atoms with E-state index in [0.717, 1.165) is 21.8 Å². The SMILES string of the molecule is Cc1cc(C=O)ccc1Sc1ccccn1. The van der Waals surface area contributed by atoms with Gasteiger partial charge in [0.2, 0.25) is 0 Å². The quantitative estimate of drug-likeness (QED) is 0.756. The lowest BCUT2D eigenvalue weighted by atomic mass is 10.2. The Morgan fingerprint density at radius 3 is 2.75 bits per heavy atom. The van der Waals surface area contributed by atoms with Crippen LogP contribution in [0.4, 0.5) is 0 Å². The molecule has 2 rings (SSSR count). The third kappa shape index (κ3) is 2.49. The van der Waals surface area contributed by atoms with Gasteiger partial charge in [-0.2, -0.15) is 0 Å². The molecule has 0 fully saturated rings. The zero-order chi connectivity index (χ0) is 11.4. The molecule has 0 saturated carbocycles. The van der Waals surface area contributed by atoms with Crippen LogP contribution < -0.4 is 0 Å². The van der Waals surface area contributed by atoms with E-state index in [4.69, 9.17) is 0 Å². The van der Waals surface area contributed by atoms with Gasteiger partial charge in [-0.3, -0.25) is 4.79 Å². The molecule has 0 aliphatic carbocycles. The van der Waals surface area contributed by atoms with Crippen molar-refractivity contribution in [3.05, 3.63) is 53.7 Å². The van der Waals surface area contributed by atoms with Crippen molar-refractivity contribution in [2.75, 3.05) is 0 Å². The molecule has 0 radical (unpaired) electrons. The number of benzene rings is 1. The highest BCUT2D eigenvalue weighted by Gasteiger charge is 2.02. The largest absolute Gasteiger partial charge is 0.298 e. The van der Waals surface area contributed by atoms with Gasteiger partial charge in [-0.1, -0.05) is 23.9 Å². The van der Waals surface area contributed by atoms with Crippen LogP contribution in [0.2, 0.25) is 0 Å². The second-order valence-electron chi connectivity index (χ2n) is 3.41. The van der Waals surface area contributed by atoms with Gasteiger partial charge < -0.3 is 0 Å². The number of carbonyl (C=O) groups excluding carboxylic acids is 1. The maximum atomic E-state index is 10.6. The minimum atomic E-state index is 0.711. The van der Waals surface area contributed by atoms with E-state index in [1.54, 1.807) is 18.0 Å². The molecule has 0 N–H and O–H groups in total. The summed E-state index contributed by atoms with van der Waals surface area (Å²) < 4.78 is 0. The highest BCUT2D eigenvalue weighted by Crippen LogP contribution is 2.28. The Labute approximate surface area is 98.7 Å². The number of hydrogen-bond acceptors (Lipinski definition) is 3. The van der Waals surface area contributed by atoms with Crippen LogP contribution in [0.5, 0.6) is 0 Å². The summed E-state index contributed by atoms with van der Waals surface area (Å²) in [5.41, 5.74) is 1.81. The monoisotopic (exact) mass is 229 g/mol. The summed E-state index contributed by atoms with van der Waals surface area (Å²) in [5.74, 6) is 0. The zero-order valence-corrected chi connectivity index (χ0v) is 9.70. The normalized spacial score (nSPS) is 10.1. The first-order valence-corrected chi connectivity index (χ1v) is 5.76. The summed E-state index contributed by atoms with van der Waals surface area (Å²) in [6.07, 6.45) is 2.64. The smallest absolute Gasteiger partial charge is 0.150 e. The highest BCUT2D eigenvalue weighted by atomic mass is 32.2. The van der Waals surface area contributed by atoms with Gasteiger partial charge in [0.1, 0.15) is 11.3 Å². The molecule has 0 saturated heterocycles. The minimum absolute atomic E-state index is 0.711. The lowest BCUT2D eigenvalue weighted by molar-refractivity contribution is 0.112. The van der Waals surface area contributed by atoms with E-state index in [0.29, 0.717) is 5.56 Å². The molecule has 2 nitrogen and oxygen atoms in total. The Hall–Kier alpha value is -1.61. The molecule has 1 heterocycles. The molecule has 2 aromatic rings. The van der Waals surface area contributed by atoms with Crippen LogP contribution in [0.25, 0.3) is 0 Å². The Morgan fingerprint density at radius 1 is 1.25 bits per heavy atom. The number of nitrogens with zero attached hydrogens (tertiary/aromatic N) is 1. The van der Waals surface area contributed by atoms with E-state index >= 15 is 0 Å². The lowest BCUT2D eigenvalue weighted by Crippen LogP contribution is -1.85. The second kappa shape index (κ2) is 4.94. The van der Waals surface area contributed by atoms with Gasteiger partial charge in [-0.05, 0) is 36.8 Å². The molecule has 0 aliphatic rings. The molecule has 0 aliphatic heterocycles. The number of aldehydes is 1. The lowest BCUT2D eigenvalue weighted by Gasteiger charge is -2.04. The van der Waals surface area contributed by atoms with E-state index in [-0.39, 0.29) is 0 Å². The zero-order valence-electron chi connectivity index (χ0n) is 8.88. The van der Waals surface area contributed by atoms with Crippen LogP contribution in [0.3, 0.4) is 0 Å². The fourth-order valence-corrected chi connectivity index (χ4v) is 2.22. The van der Waals surface area contributed by atoms with Crippen LogP contribution in [-0.4, -0.2) is 11.3 Å². The second-order valence-corrected chi connectivity index (χ2v) is 4.48. The van der Waals surface area contributed by atoms with Crippen molar-refractivity contribution in [1.82, 2.24) is 4.98 Å². The highest BCUT2D eigenvalue weighted by molar-refractivity contribution is 7.99. The van der Waals surface area contributed by atoms with Crippen LogP contribution in [-0.2, 0) is 0 Å². The fraction of sp³-hybridized carbons (Fsp3) is 0.0769. The number of rotatable bonds is 3. The van der Waals surface area contributed by atoms with Crippen molar-refractivity contribution >= 4 is 18.0 Å². The first kappa shape index (κ1) is 10.9. The van der Waals surface area contributed by atoms with E-state index in [1.165, 1.54) is 0 Å². The van der Waals surface area contributed by atoms with Crippen LogP contribution in [0, 0.1) is 6.92 Å². The Bertz CT molecular complexity index is 497. The molecule has 80 valence electrons.